The normalized spacial score (nSPS) is 32.4. The Kier molecular flexibility index (Phi) is 4.29. The van der Waals surface area contributed by atoms with E-state index in [-0.39, 0.29) is 23.7 Å². The summed E-state index contributed by atoms with van der Waals surface area (Å²) in [6.45, 7) is 0. The molecular formula is C19H22BrN3O4. The van der Waals surface area contributed by atoms with E-state index >= 15 is 0 Å². The number of amides is 2. The fourth-order valence-corrected chi connectivity index (χ4v) is 6.38. The third-order valence-electron chi connectivity index (χ3n) is 7.16. The molecule has 3 aliphatic carbocycles. The maximum absolute atomic E-state index is 13.2. The van der Waals surface area contributed by atoms with Gasteiger partial charge >= 0.3 is 5.97 Å². The number of aromatic nitrogens is 1. The van der Waals surface area contributed by atoms with E-state index in [1.165, 1.54) is 6.20 Å². The van der Waals surface area contributed by atoms with E-state index in [4.69, 9.17) is 5.73 Å². The highest BCUT2D eigenvalue weighted by Gasteiger charge is 2.78. The van der Waals surface area contributed by atoms with Gasteiger partial charge in [0.2, 0.25) is 11.8 Å². The lowest BCUT2D eigenvalue weighted by Crippen LogP contribution is -2.44. The van der Waals surface area contributed by atoms with Crippen molar-refractivity contribution in [3.05, 3.63) is 22.9 Å². The number of carboxylic acids is 1. The molecule has 4 rings (SSSR count). The Morgan fingerprint density at radius 1 is 1.30 bits per heavy atom. The second-order valence-electron chi connectivity index (χ2n) is 8.12. The van der Waals surface area contributed by atoms with Gasteiger partial charge in [-0.1, -0.05) is 0 Å². The molecule has 0 aliphatic heterocycles. The van der Waals surface area contributed by atoms with Crippen molar-refractivity contribution in [2.24, 2.45) is 34.3 Å². The number of hydrogen-bond acceptors (Lipinski definition) is 4. The van der Waals surface area contributed by atoms with Crippen LogP contribution in [0.4, 0.5) is 5.69 Å². The topological polar surface area (TPSA) is 122 Å². The molecule has 4 atom stereocenters. The molecule has 0 saturated heterocycles. The second kappa shape index (κ2) is 6.29. The average molecular weight is 436 g/mol. The lowest BCUT2D eigenvalue weighted by molar-refractivity contribution is -0.150. The van der Waals surface area contributed by atoms with Crippen LogP contribution in [0.3, 0.4) is 0 Å². The van der Waals surface area contributed by atoms with Crippen LogP contribution in [-0.2, 0) is 14.4 Å². The minimum atomic E-state index is -0.916. The van der Waals surface area contributed by atoms with Crippen LogP contribution in [0.5, 0.6) is 0 Å². The zero-order chi connectivity index (χ0) is 19.4. The van der Waals surface area contributed by atoms with Crippen molar-refractivity contribution in [2.75, 3.05) is 5.32 Å². The molecule has 1 aromatic rings. The number of anilines is 1. The summed E-state index contributed by atoms with van der Waals surface area (Å²) < 4.78 is 0.652. The van der Waals surface area contributed by atoms with E-state index in [1.807, 2.05) is 0 Å². The van der Waals surface area contributed by atoms with Crippen molar-refractivity contribution < 1.29 is 19.5 Å². The predicted octanol–water partition coefficient (Wildman–Crippen LogP) is 2.56. The zero-order valence-electron chi connectivity index (χ0n) is 14.8. The summed E-state index contributed by atoms with van der Waals surface area (Å²) >= 11 is 3.25. The Labute approximate surface area is 165 Å². The number of carbonyl (C=O) groups excluding carboxylic acids is 2. The first kappa shape index (κ1) is 18.4. The van der Waals surface area contributed by atoms with Gasteiger partial charge < -0.3 is 16.2 Å². The number of nitrogens with two attached hydrogens (primary N) is 1. The number of nitrogens with zero attached hydrogens (tertiary/aromatic N) is 1. The number of aliphatic carboxylic acids is 1. The molecule has 8 heteroatoms. The highest BCUT2D eigenvalue weighted by molar-refractivity contribution is 9.10. The maximum atomic E-state index is 13.2. The van der Waals surface area contributed by atoms with E-state index in [0.717, 1.165) is 25.7 Å². The molecule has 0 unspecified atom stereocenters. The summed E-state index contributed by atoms with van der Waals surface area (Å²) in [6, 6.07) is 3.44. The van der Waals surface area contributed by atoms with Crippen LogP contribution in [0.1, 0.15) is 38.5 Å². The van der Waals surface area contributed by atoms with E-state index in [9.17, 15) is 19.5 Å². The first-order chi connectivity index (χ1) is 12.8. The Hall–Kier alpha value is -1.96. The predicted molar refractivity (Wildman–Crippen MR) is 100 cm³/mol. The monoisotopic (exact) mass is 435 g/mol. The van der Waals surface area contributed by atoms with Gasteiger partial charge in [0, 0.05) is 6.42 Å². The first-order valence-electron chi connectivity index (χ1n) is 9.24. The summed E-state index contributed by atoms with van der Waals surface area (Å²) in [7, 11) is 0. The molecule has 0 aromatic carbocycles. The highest BCUT2D eigenvalue weighted by atomic mass is 79.9. The third kappa shape index (κ3) is 2.68. The number of nitrogens with one attached hydrogen (secondary N) is 1. The van der Waals surface area contributed by atoms with Crippen molar-refractivity contribution in [3.8, 4) is 0 Å². The molecular weight excluding hydrogens is 414 g/mol. The average Bonchev–Trinajstić information content (AvgIpc) is 3.32. The van der Waals surface area contributed by atoms with Crippen LogP contribution in [-0.4, -0.2) is 27.9 Å². The fraction of sp³-hybridized carbons (Fsp3) is 0.579. The Morgan fingerprint density at radius 2 is 2.04 bits per heavy atom. The summed E-state index contributed by atoms with van der Waals surface area (Å²) in [4.78, 5) is 40.9. The summed E-state index contributed by atoms with van der Waals surface area (Å²) in [5.41, 5.74) is 5.35. The molecule has 1 heterocycles. The van der Waals surface area contributed by atoms with Crippen molar-refractivity contribution in [1.82, 2.24) is 4.98 Å². The van der Waals surface area contributed by atoms with Crippen LogP contribution < -0.4 is 11.1 Å². The maximum Gasteiger partial charge on any atom is 0.307 e. The van der Waals surface area contributed by atoms with Crippen molar-refractivity contribution in [3.63, 3.8) is 0 Å². The van der Waals surface area contributed by atoms with Crippen LogP contribution >= 0.6 is 15.9 Å². The van der Waals surface area contributed by atoms with Crippen LogP contribution in [0.25, 0.3) is 0 Å². The number of pyridine rings is 1. The minimum Gasteiger partial charge on any atom is -0.481 e. The van der Waals surface area contributed by atoms with Gasteiger partial charge in [0.15, 0.2) is 0 Å². The molecule has 3 aliphatic rings. The van der Waals surface area contributed by atoms with Crippen molar-refractivity contribution in [1.29, 1.82) is 0 Å². The summed E-state index contributed by atoms with van der Waals surface area (Å²) in [5.74, 6) is -2.97. The fourth-order valence-electron chi connectivity index (χ4n) is 6.15. The quantitative estimate of drug-likeness (QED) is 0.592. The number of hydrogen-bond donors (Lipinski definition) is 3. The molecule has 2 bridgehead atoms. The molecule has 3 fully saturated rings. The zero-order valence-corrected chi connectivity index (χ0v) is 16.4. The smallest absolute Gasteiger partial charge is 0.307 e. The van der Waals surface area contributed by atoms with Gasteiger partial charge in [-0.3, -0.25) is 14.4 Å². The Morgan fingerprint density at radius 3 is 2.59 bits per heavy atom. The van der Waals surface area contributed by atoms with Gasteiger partial charge in [-0.25, -0.2) is 4.98 Å². The number of rotatable bonds is 6. The SMILES string of the molecule is NC(=O)CC[C@@]12CC[C@H]([C@@H](C(=O)O)[C@H]1C(=O)Nc1ccc(Br)nc1)C21CC1. The number of carbonyl (C=O) groups is 3. The van der Waals surface area contributed by atoms with Gasteiger partial charge in [0.25, 0.3) is 0 Å². The number of halogens is 1. The molecule has 27 heavy (non-hydrogen) atoms. The Balaban J connectivity index is 1.68. The molecule has 1 spiro atoms. The van der Waals surface area contributed by atoms with Crippen molar-refractivity contribution in [2.45, 2.75) is 38.5 Å². The Bertz CT molecular complexity index is 808. The molecule has 2 amide bonds. The third-order valence-corrected chi connectivity index (χ3v) is 7.63. The molecule has 7 nitrogen and oxygen atoms in total. The van der Waals surface area contributed by atoms with E-state index in [1.54, 1.807) is 12.1 Å². The molecule has 3 saturated carbocycles. The second-order valence-corrected chi connectivity index (χ2v) is 8.94. The van der Waals surface area contributed by atoms with Gasteiger partial charge in [-0.05, 0) is 76.9 Å². The minimum absolute atomic E-state index is 0.00155. The highest BCUT2D eigenvalue weighted by Crippen LogP contribution is 2.81. The van der Waals surface area contributed by atoms with Crippen molar-refractivity contribution >= 4 is 39.4 Å². The van der Waals surface area contributed by atoms with E-state index in [0.29, 0.717) is 16.7 Å². The molecule has 144 valence electrons. The van der Waals surface area contributed by atoms with Gasteiger partial charge in [0.1, 0.15) is 4.60 Å². The largest absolute Gasteiger partial charge is 0.481 e. The van der Waals surface area contributed by atoms with Gasteiger partial charge in [-0.15, -0.1) is 0 Å². The summed E-state index contributed by atoms with van der Waals surface area (Å²) in [5, 5.41) is 12.8. The van der Waals surface area contributed by atoms with Crippen LogP contribution in [0.2, 0.25) is 0 Å². The number of carboxylic acid groups (broad SMARTS) is 1. The van der Waals surface area contributed by atoms with Crippen LogP contribution in [0.15, 0.2) is 22.9 Å². The molecule has 4 N–H and O–H groups in total. The van der Waals surface area contributed by atoms with E-state index < -0.39 is 29.1 Å². The molecule has 0 radical (unpaired) electrons. The standard InChI is InChI=1S/C19H22BrN3O4/c20-12-2-1-10(9-22-12)23-16(25)15-14(17(26)27)11-3-5-19(15,6-4-13(21)24)18(11)7-8-18/h1-2,9,11,14-15H,3-8H2,(H2,21,24)(H,23,25)(H,26,27)/t11-,14-,15+,19+/m1/s1. The molecule has 1 aromatic heterocycles. The van der Waals surface area contributed by atoms with Gasteiger partial charge in [-0.2, -0.15) is 0 Å². The van der Waals surface area contributed by atoms with E-state index in [2.05, 4.69) is 26.2 Å². The first-order valence-corrected chi connectivity index (χ1v) is 10.0. The lowest BCUT2D eigenvalue weighted by atomic mass is 9.64. The van der Waals surface area contributed by atoms with Gasteiger partial charge in [0.05, 0.1) is 23.7 Å². The summed E-state index contributed by atoms with van der Waals surface area (Å²) in [6.07, 6.45) is 5.66. The van der Waals surface area contributed by atoms with Crippen LogP contribution in [0, 0.1) is 28.6 Å². The number of primary amides is 1. The lowest BCUT2D eigenvalue weighted by Gasteiger charge is -2.39.